The molecule has 0 aliphatic carbocycles. The Labute approximate surface area is 272 Å². The second-order valence-electron chi connectivity index (χ2n) is 13.3. The SMILES string of the molecule is CC[C@H](C)[C@H](NC(=O)CNC(=O)OC(C)(C)C)C(=O)NC(C)(C)C(=O)N[C@@H](CC(C)C)C(=O)N[C@@H](Cc1ccccc1)C(=O)OC. The highest BCUT2D eigenvalue weighted by atomic mass is 16.6. The van der Waals surface area contributed by atoms with Crippen LogP contribution in [0.3, 0.4) is 0 Å². The third-order valence-corrected chi connectivity index (χ3v) is 7.02. The zero-order chi connectivity index (χ0) is 35.2. The quantitative estimate of drug-likeness (QED) is 0.170. The number of hydrogen-bond donors (Lipinski definition) is 5. The van der Waals surface area contributed by atoms with Gasteiger partial charge in [-0.15, -0.1) is 0 Å². The summed E-state index contributed by atoms with van der Waals surface area (Å²) in [4.78, 5) is 77.4. The van der Waals surface area contributed by atoms with Crippen molar-refractivity contribution in [3.05, 3.63) is 35.9 Å². The predicted molar refractivity (Wildman–Crippen MR) is 173 cm³/mol. The largest absolute Gasteiger partial charge is 0.467 e. The van der Waals surface area contributed by atoms with Crippen LogP contribution < -0.4 is 26.6 Å². The summed E-state index contributed by atoms with van der Waals surface area (Å²) in [6, 6.07) is 6.12. The Bertz CT molecular complexity index is 1200. The standard InChI is InChI=1S/C33H53N5O8/c1-11-21(4)26(37-25(39)19-34-31(44)46-32(5,6)7)28(41)38-33(8,9)30(43)36-23(17-20(2)3)27(40)35-24(29(42)45-10)18-22-15-13-12-14-16-22/h12-16,20-21,23-24,26H,11,17-19H2,1-10H3,(H,34,44)(H,35,40)(H,36,43)(H,37,39)(H,38,41)/t21-,23-,24-,26-/m0/s1. The number of hydrogen-bond acceptors (Lipinski definition) is 8. The molecule has 4 atom stereocenters. The minimum atomic E-state index is -1.50. The lowest BCUT2D eigenvalue weighted by Crippen LogP contribution is -2.63. The zero-order valence-corrected chi connectivity index (χ0v) is 28.9. The summed E-state index contributed by atoms with van der Waals surface area (Å²) in [7, 11) is 1.23. The summed E-state index contributed by atoms with van der Waals surface area (Å²) in [6.45, 7) is 15.0. The summed E-state index contributed by atoms with van der Waals surface area (Å²) in [5.41, 5.74) is -1.43. The van der Waals surface area contributed by atoms with Crippen LogP contribution in [0.4, 0.5) is 4.79 Å². The monoisotopic (exact) mass is 647 g/mol. The van der Waals surface area contributed by atoms with Gasteiger partial charge in [0.2, 0.25) is 23.6 Å². The molecule has 1 aromatic carbocycles. The van der Waals surface area contributed by atoms with E-state index in [2.05, 4.69) is 26.6 Å². The summed E-state index contributed by atoms with van der Waals surface area (Å²) >= 11 is 0. The summed E-state index contributed by atoms with van der Waals surface area (Å²) in [6.07, 6.45) is 0.213. The maximum absolute atomic E-state index is 13.5. The number of carbonyl (C=O) groups excluding carboxylic acids is 6. The van der Waals surface area contributed by atoms with Crippen LogP contribution in [0.1, 0.15) is 80.7 Å². The van der Waals surface area contributed by atoms with Gasteiger partial charge in [0.1, 0.15) is 35.8 Å². The van der Waals surface area contributed by atoms with Crippen molar-refractivity contribution in [2.45, 2.75) is 111 Å². The van der Waals surface area contributed by atoms with E-state index in [1.807, 2.05) is 51.1 Å². The van der Waals surface area contributed by atoms with Crippen molar-refractivity contribution in [1.29, 1.82) is 0 Å². The minimum Gasteiger partial charge on any atom is -0.467 e. The van der Waals surface area contributed by atoms with Gasteiger partial charge in [-0.3, -0.25) is 19.2 Å². The number of amides is 5. The van der Waals surface area contributed by atoms with E-state index in [1.165, 1.54) is 21.0 Å². The van der Waals surface area contributed by atoms with E-state index in [0.717, 1.165) is 5.56 Å². The van der Waals surface area contributed by atoms with Gasteiger partial charge in [-0.25, -0.2) is 9.59 Å². The Morgan fingerprint density at radius 3 is 1.96 bits per heavy atom. The highest BCUT2D eigenvalue weighted by molar-refractivity contribution is 5.97. The van der Waals surface area contributed by atoms with E-state index in [-0.39, 0.29) is 24.7 Å². The van der Waals surface area contributed by atoms with Crippen LogP contribution in [0.2, 0.25) is 0 Å². The number of alkyl carbamates (subject to hydrolysis) is 1. The molecule has 0 spiro atoms. The Morgan fingerprint density at radius 2 is 1.43 bits per heavy atom. The van der Waals surface area contributed by atoms with Gasteiger partial charge in [0, 0.05) is 6.42 Å². The number of rotatable bonds is 16. The van der Waals surface area contributed by atoms with Gasteiger partial charge >= 0.3 is 12.1 Å². The van der Waals surface area contributed by atoms with Gasteiger partial charge < -0.3 is 36.1 Å². The zero-order valence-electron chi connectivity index (χ0n) is 28.9. The molecule has 0 bridgehead atoms. The van der Waals surface area contributed by atoms with Crippen molar-refractivity contribution in [2.24, 2.45) is 11.8 Å². The molecule has 46 heavy (non-hydrogen) atoms. The Kier molecular flexibility index (Phi) is 15.7. The van der Waals surface area contributed by atoms with Crippen LogP contribution in [0.15, 0.2) is 30.3 Å². The Balaban J connectivity index is 3.01. The van der Waals surface area contributed by atoms with E-state index in [4.69, 9.17) is 9.47 Å². The van der Waals surface area contributed by atoms with E-state index >= 15 is 0 Å². The van der Waals surface area contributed by atoms with Crippen molar-refractivity contribution < 1.29 is 38.2 Å². The summed E-state index contributed by atoms with van der Waals surface area (Å²) in [5.74, 6) is -3.38. The molecule has 5 amide bonds. The van der Waals surface area contributed by atoms with Gasteiger partial charge in [-0.2, -0.15) is 0 Å². The first-order chi connectivity index (χ1) is 21.3. The smallest absolute Gasteiger partial charge is 0.408 e. The lowest BCUT2D eigenvalue weighted by molar-refractivity contribution is -0.145. The van der Waals surface area contributed by atoms with Gasteiger partial charge in [0.15, 0.2) is 0 Å². The fraction of sp³-hybridized carbons (Fsp3) is 0.636. The number of methoxy groups -OCH3 is 1. The Morgan fingerprint density at radius 1 is 0.826 bits per heavy atom. The minimum absolute atomic E-state index is 0.00117. The average Bonchev–Trinajstić information content (AvgIpc) is 2.96. The van der Waals surface area contributed by atoms with Crippen LogP contribution in [-0.2, 0) is 39.9 Å². The second-order valence-corrected chi connectivity index (χ2v) is 13.3. The molecule has 0 saturated heterocycles. The molecule has 0 aliphatic rings. The maximum atomic E-state index is 13.5. The topological polar surface area (TPSA) is 181 Å². The fourth-order valence-corrected chi connectivity index (χ4v) is 4.33. The molecule has 0 aromatic heterocycles. The molecule has 13 heteroatoms. The molecule has 0 heterocycles. The summed E-state index contributed by atoms with van der Waals surface area (Å²) < 4.78 is 10.0. The van der Waals surface area contributed by atoms with E-state index in [0.29, 0.717) is 6.42 Å². The predicted octanol–water partition coefficient (Wildman–Crippen LogP) is 2.37. The molecule has 1 aromatic rings. The first-order valence-electron chi connectivity index (χ1n) is 15.6. The molecule has 0 saturated carbocycles. The lowest BCUT2D eigenvalue weighted by atomic mass is 9.95. The maximum Gasteiger partial charge on any atom is 0.408 e. The van der Waals surface area contributed by atoms with Crippen molar-refractivity contribution in [2.75, 3.05) is 13.7 Å². The van der Waals surface area contributed by atoms with Crippen LogP contribution in [0.5, 0.6) is 0 Å². The van der Waals surface area contributed by atoms with Crippen LogP contribution in [0, 0.1) is 11.8 Å². The highest BCUT2D eigenvalue weighted by Crippen LogP contribution is 2.14. The fourth-order valence-electron chi connectivity index (χ4n) is 4.33. The number of ether oxygens (including phenoxy) is 2. The molecular weight excluding hydrogens is 594 g/mol. The Hall–Kier alpha value is -4.16. The van der Waals surface area contributed by atoms with Gasteiger partial charge in [0.25, 0.3) is 0 Å². The lowest BCUT2D eigenvalue weighted by Gasteiger charge is -2.32. The number of esters is 1. The van der Waals surface area contributed by atoms with Crippen molar-refractivity contribution in [3.8, 4) is 0 Å². The van der Waals surface area contributed by atoms with E-state index in [9.17, 15) is 28.8 Å². The molecule has 1 rings (SSSR count). The van der Waals surface area contributed by atoms with E-state index < -0.39 is 71.5 Å². The number of carbonyl (C=O) groups is 6. The molecule has 0 unspecified atom stereocenters. The molecule has 258 valence electrons. The molecule has 0 aliphatic heterocycles. The molecular formula is C33H53N5O8. The van der Waals surface area contributed by atoms with Crippen LogP contribution >= 0.6 is 0 Å². The number of benzene rings is 1. The third-order valence-electron chi connectivity index (χ3n) is 7.02. The van der Waals surface area contributed by atoms with Gasteiger partial charge in [-0.1, -0.05) is 64.4 Å². The highest BCUT2D eigenvalue weighted by Gasteiger charge is 2.37. The first-order valence-corrected chi connectivity index (χ1v) is 15.6. The average molecular weight is 648 g/mol. The van der Waals surface area contributed by atoms with Crippen LogP contribution in [-0.4, -0.2) is 78.6 Å². The van der Waals surface area contributed by atoms with Crippen molar-refractivity contribution in [3.63, 3.8) is 0 Å². The number of nitrogens with one attached hydrogen (secondary N) is 5. The van der Waals surface area contributed by atoms with Crippen molar-refractivity contribution >= 4 is 35.7 Å². The van der Waals surface area contributed by atoms with Gasteiger partial charge in [0.05, 0.1) is 7.11 Å². The van der Waals surface area contributed by atoms with E-state index in [1.54, 1.807) is 27.7 Å². The van der Waals surface area contributed by atoms with Crippen LogP contribution in [0.25, 0.3) is 0 Å². The first kappa shape index (κ1) is 39.9. The normalized spacial score (nSPS) is 14.2. The van der Waals surface area contributed by atoms with Crippen molar-refractivity contribution in [1.82, 2.24) is 26.6 Å². The van der Waals surface area contributed by atoms with Gasteiger partial charge in [-0.05, 0) is 58.4 Å². The molecule has 13 nitrogen and oxygen atoms in total. The molecule has 0 radical (unpaired) electrons. The summed E-state index contributed by atoms with van der Waals surface area (Å²) in [5, 5.41) is 13.1. The molecule has 0 fully saturated rings. The second kappa shape index (κ2) is 18.1. The third kappa shape index (κ3) is 14.3. The molecule has 5 N–H and O–H groups in total.